The van der Waals surface area contributed by atoms with Crippen LogP contribution in [0.4, 0.5) is 4.39 Å². The minimum Gasteiger partial charge on any atom is -0.299 e. The molecule has 0 atom stereocenters. The highest BCUT2D eigenvalue weighted by Gasteiger charge is 2.44. The second-order valence-corrected chi connectivity index (χ2v) is 4.83. The van der Waals surface area contributed by atoms with E-state index in [-0.39, 0.29) is 23.4 Å². The maximum Gasteiger partial charge on any atom is 0.143 e. The Labute approximate surface area is 93.2 Å². The molecule has 80 valence electrons. The summed E-state index contributed by atoms with van der Waals surface area (Å²) in [4.78, 5) is 11.8. The topological polar surface area (TPSA) is 17.1 Å². The van der Waals surface area contributed by atoms with Gasteiger partial charge in [-0.3, -0.25) is 4.79 Å². The van der Waals surface area contributed by atoms with E-state index in [1.807, 2.05) is 6.92 Å². The van der Waals surface area contributed by atoms with Crippen molar-refractivity contribution in [3.63, 3.8) is 0 Å². The first-order chi connectivity index (χ1) is 7.01. The molecule has 0 amide bonds. The van der Waals surface area contributed by atoms with Crippen LogP contribution < -0.4 is 0 Å². The van der Waals surface area contributed by atoms with Crippen LogP contribution in [0.25, 0.3) is 0 Å². The number of hydrogen-bond acceptors (Lipinski definition) is 1. The van der Waals surface area contributed by atoms with Gasteiger partial charge in [-0.1, -0.05) is 18.5 Å². The van der Waals surface area contributed by atoms with E-state index in [0.29, 0.717) is 10.6 Å². The highest BCUT2D eigenvalue weighted by molar-refractivity contribution is 6.30. The number of carbonyl (C=O) groups is 1. The minimum atomic E-state index is -0.350. The van der Waals surface area contributed by atoms with E-state index in [1.54, 1.807) is 0 Å². The van der Waals surface area contributed by atoms with E-state index in [4.69, 9.17) is 11.6 Å². The molecule has 1 aromatic rings. The molecule has 0 aliphatic heterocycles. The molecule has 1 nitrogen and oxygen atoms in total. The van der Waals surface area contributed by atoms with E-state index in [1.165, 1.54) is 18.2 Å². The summed E-state index contributed by atoms with van der Waals surface area (Å²) >= 11 is 5.75. The minimum absolute atomic E-state index is 0.115. The van der Waals surface area contributed by atoms with Crippen LogP contribution in [0.15, 0.2) is 18.2 Å². The van der Waals surface area contributed by atoms with Gasteiger partial charge in [0.15, 0.2) is 0 Å². The van der Waals surface area contributed by atoms with Crippen molar-refractivity contribution >= 4 is 17.4 Å². The summed E-state index contributed by atoms with van der Waals surface area (Å²) in [5.41, 5.74) is 0.204. The molecule has 0 saturated heterocycles. The van der Waals surface area contributed by atoms with E-state index in [9.17, 15) is 9.18 Å². The van der Waals surface area contributed by atoms with Gasteiger partial charge in [-0.05, 0) is 36.6 Å². The summed E-state index contributed by atoms with van der Waals surface area (Å²) < 4.78 is 13.3. The van der Waals surface area contributed by atoms with Gasteiger partial charge in [0, 0.05) is 16.9 Å². The normalized spacial score (nSPS) is 17.5. The summed E-state index contributed by atoms with van der Waals surface area (Å²) in [6.07, 6.45) is 2.00. The van der Waals surface area contributed by atoms with Gasteiger partial charge in [0.1, 0.15) is 11.6 Å². The third-order valence-corrected chi connectivity index (χ3v) is 3.27. The van der Waals surface area contributed by atoms with Gasteiger partial charge in [-0.25, -0.2) is 4.39 Å². The fourth-order valence-corrected chi connectivity index (χ4v) is 1.73. The number of halogens is 2. The number of rotatable bonds is 3. The molecule has 0 heterocycles. The maximum atomic E-state index is 13.3. The first kappa shape index (κ1) is 10.6. The molecule has 1 aliphatic rings. The number of hydrogen-bond donors (Lipinski definition) is 0. The summed E-state index contributed by atoms with van der Waals surface area (Å²) in [6, 6.07) is 4.32. The zero-order valence-corrected chi connectivity index (χ0v) is 9.27. The Morgan fingerprint density at radius 3 is 2.80 bits per heavy atom. The lowest BCUT2D eigenvalue weighted by Gasteiger charge is -2.07. The molecule has 1 saturated carbocycles. The predicted molar refractivity (Wildman–Crippen MR) is 57.5 cm³/mol. The molecule has 0 aromatic heterocycles. The lowest BCUT2D eigenvalue weighted by Crippen LogP contribution is -2.15. The lowest BCUT2D eigenvalue weighted by molar-refractivity contribution is -0.122. The first-order valence-corrected chi connectivity index (χ1v) is 5.36. The van der Waals surface area contributed by atoms with Gasteiger partial charge >= 0.3 is 0 Å². The van der Waals surface area contributed by atoms with Crippen molar-refractivity contribution in [2.24, 2.45) is 5.41 Å². The number of benzene rings is 1. The van der Waals surface area contributed by atoms with E-state index in [2.05, 4.69) is 0 Å². The quantitative estimate of drug-likeness (QED) is 0.772. The Kier molecular flexibility index (Phi) is 2.55. The van der Waals surface area contributed by atoms with E-state index in [0.717, 1.165) is 12.8 Å². The number of ketones is 1. The van der Waals surface area contributed by atoms with Crippen LogP contribution in [-0.2, 0) is 11.2 Å². The average Bonchev–Trinajstić information content (AvgIpc) is 2.91. The van der Waals surface area contributed by atoms with Gasteiger partial charge in [-0.2, -0.15) is 0 Å². The van der Waals surface area contributed by atoms with Crippen LogP contribution in [0, 0.1) is 11.2 Å². The van der Waals surface area contributed by atoms with E-state index < -0.39 is 0 Å². The van der Waals surface area contributed by atoms with Crippen molar-refractivity contribution in [3.8, 4) is 0 Å². The average molecular weight is 227 g/mol. The Bertz CT molecular complexity index is 410. The maximum absolute atomic E-state index is 13.3. The highest BCUT2D eigenvalue weighted by atomic mass is 35.5. The SMILES string of the molecule is CC1(C(=O)Cc2cc(Cl)ccc2F)CC1. The molecular weight excluding hydrogens is 215 g/mol. The number of Topliss-reactive ketones (excluding diaryl/α,β-unsaturated/α-hetero) is 1. The molecule has 0 N–H and O–H groups in total. The third kappa shape index (κ3) is 2.20. The Morgan fingerprint density at radius 2 is 2.20 bits per heavy atom. The Hall–Kier alpha value is -0.890. The summed E-state index contributed by atoms with van der Waals surface area (Å²) in [6.45, 7) is 1.93. The Balaban J connectivity index is 2.16. The van der Waals surface area contributed by atoms with Crippen LogP contribution in [0.5, 0.6) is 0 Å². The smallest absolute Gasteiger partial charge is 0.143 e. The lowest BCUT2D eigenvalue weighted by atomic mass is 9.97. The van der Waals surface area contributed by atoms with Crippen molar-refractivity contribution in [1.29, 1.82) is 0 Å². The second-order valence-electron chi connectivity index (χ2n) is 4.40. The monoisotopic (exact) mass is 226 g/mol. The fraction of sp³-hybridized carbons (Fsp3) is 0.417. The standard InChI is InChI=1S/C12H12ClFO/c1-12(4-5-12)11(15)7-8-6-9(13)2-3-10(8)14/h2-3,6H,4-5,7H2,1H3. The molecule has 0 bridgehead atoms. The van der Waals surface area contributed by atoms with Crippen LogP contribution in [0.1, 0.15) is 25.3 Å². The molecule has 2 rings (SSSR count). The summed E-state index contributed by atoms with van der Waals surface area (Å²) in [5, 5.41) is 0.472. The Morgan fingerprint density at radius 1 is 1.53 bits per heavy atom. The largest absolute Gasteiger partial charge is 0.299 e. The molecule has 0 radical (unpaired) electrons. The molecule has 1 aliphatic carbocycles. The van der Waals surface area contributed by atoms with Gasteiger partial charge in [0.05, 0.1) is 0 Å². The second kappa shape index (κ2) is 3.60. The van der Waals surface area contributed by atoms with E-state index >= 15 is 0 Å². The van der Waals surface area contributed by atoms with Crippen LogP contribution in [0.3, 0.4) is 0 Å². The van der Waals surface area contributed by atoms with Crippen LogP contribution >= 0.6 is 11.6 Å². The summed E-state index contributed by atoms with van der Waals surface area (Å²) in [5.74, 6) is -0.235. The van der Waals surface area contributed by atoms with Crippen molar-refractivity contribution < 1.29 is 9.18 Å². The zero-order valence-electron chi connectivity index (χ0n) is 8.52. The molecule has 3 heteroatoms. The predicted octanol–water partition coefficient (Wildman–Crippen LogP) is 3.39. The van der Waals surface area contributed by atoms with Gasteiger partial charge < -0.3 is 0 Å². The van der Waals surface area contributed by atoms with Gasteiger partial charge in [0.2, 0.25) is 0 Å². The summed E-state index contributed by atoms with van der Waals surface area (Å²) in [7, 11) is 0. The van der Waals surface area contributed by atoms with Crippen LogP contribution in [0.2, 0.25) is 5.02 Å². The first-order valence-electron chi connectivity index (χ1n) is 4.98. The van der Waals surface area contributed by atoms with Crippen molar-refractivity contribution in [1.82, 2.24) is 0 Å². The third-order valence-electron chi connectivity index (χ3n) is 3.03. The van der Waals surface area contributed by atoms with Crippen LogP contribution in [-0.4, -0.2) is 5.78 Å². The van der Waals surface area contributed by atoms with Crippen molar-refractivity contribution in [2.45, 2.75) is 26.2 Å². The molecule has 1 fully saturated rings. The molecular formula is C12H12ClFO. The molecule has 0 unspecified atom stereocenters. The van der Waals surface area contributed by atoms with Crippen molar-refractivity contribution in [2.75, 3.05) is 0 Å². The number of carbonyl (C=O) groups excluding carboxylic acids is 1. The van der Waals surface area contributed by atoms with Gasteiger partial charge in [-0.15, -0.1) is 0 Å². The van der Waals surface area contributed by atoms with Gasteiger partial charge in [0.25, 0.3) is 0 Å². The zero-order chi connectivity index (χ0) is 11.1. The molecule has 1 aromatic carbocycles. The highest BCUT2D eigenvalue weighted by Crippen LogP contribution is 2.46. The fourth-order valence-electron chi connectivity index (χ4n) is 1.53. The van der Waals surface area contributed by atoms with Crippen molar-refractivity contribution in [3.05, 3.63) is 34.6 Å². The molecule has 15 heavy (non-hydrogen) atoms. The molecule has 0 spiro atoms.